The average molecular weight is 316 g/mol. The topological polar surface area (TPSA) is 65.8 Å². The second kappa shape index (κ2) is 5.49. The molecular formula is C16H17FN4O2. The number of aromatic nitrogens is 4. The first-order chi connectivity index (χ1) is 10.9. The highest BCUT2D eigenvalue weighted by molar-refractivity contribution is 5.56. The van der Waals surface area contributed by atoms with E-state index in [1.54, 1.807) is 18.2 Å². The molecule has 0 N–H and O–H groups in total. The second-order valence-corrected chi connectivity index (χ2v) is 6.22. The van der Waals surface area contributed by atoms with Gasteiger partial charge in [0, 0.05) is 0 Å². The van der Waals surface area contributed by atoms with Crippen molar-refractivity contribution < 1.29 is 8.81 Å². The van der Waals surface area contributed by atoms with E-state index in [-0.39, 0.29) is 18.1 Å². The largest absolute Gasteiger partial charge is 0.439 e. The van der Waals surface area contributed by atoms with Crippen LogP contribution in [-0.2, 0) is 12.1 Å². The molecule has 23 heavy (non-hydrogen) atoms. The van der Waals surface area contributed by atoms with E-state index in [4.69, 9.17) is 4.42 Å². The zero-order valence-electron chi connectivity index (χ0n) is 13.2. The van der Waals surface area contributed by atoms with E-state index in [0.717, 1.165) is 0 Å². The molecule has 0 unspecified atom stereocenters. The van der Waals surface area contributed by atoms with Crippen LogP contribution in [0.4, 0.5) is 4.39 Å². The van der Waals surface area contributed by atoms with E-state index in [1.165, 1.54) is 27.8 Å². The monoisotopic (exact) mass is 316 g/mol. The van der Waals surface area contributed by atoms with Crippen molar-refractivity contribution in [3.63, 3.8) is 0 Å². The molecule has 7 heteroatoms. The van der Waals surface area contributed by atoms with Gasteiger partial charge in [-0.05, 0) is 32.9 Å². The SMILES string of the molecule is CC(C)(C)n1ncn(Cc2ncc(-c3ccccc3F)o2)c1=O. The number of oxazole rings is 1. The molecule has 0 aliphatic rings. The summed E-state index contributed by atoms with van der Waals surface area (Å²) >= 11 is 0. The van der Waals surface area contributed by atoms with Crippen LogP contribution in [0, 0.1) is 5.82 Å². The maximum atomic E-state index is 13.8. The highest BCUT2D eigenvalue weighted by atomic mass is 19.1. The van der Waals surface area contributed by atoms with Crippen molar-refractivity contribution in [3.05, 3.63) is 59.0 Å². The Labute approximate surface area is 132 Å². The van der Waals surface area contributed by atoms with Gasteiger partial charge >= 0.3 is 5.69 Å². The van der Waals surface area contributed by atoms with Gasteiger partial charge in [-0.25, -0.2) is 18.9 Å². The number of benzene rings is 1. The smallest absolute Gasteiger partial charge is 0.346 e. The molecular weight excluding hydrogens is 299 g/mol. The van der Waals surface area contributed by atoms with Crippen molar-refractivity contribution >= 4 is 0 Å². The molecule has 0 aliphatic carbocycles. The predicted molar refractivity (Wildman–Crippen MR) is 82.5 cm³/mol. The quantitative estimate of drug-likeness (QED) is 0.745. The Morgan fingerprint density at radius 1 is 1.26 bits per heavy atom. The van der Waals surface area contributed by atoms with E-state index in [2.05, 4.69) is 10.1 Å². The fraction of sp³-hybridized carbons (Fsp3) is 0.312. The molecule has 0 amide bonds. The molecule has 1 aromatic carbocycles. The van der Waals surface area contributed by atoms with Crippen molar-refractivity contribution in [1.29, 1.82) is 0 Å². The van der Waals surface area contributed by atoms with Crippen LogP contribution in [-0.4, -0.2) is 19.3 Å². The van der Waals surface area contributed by atoms with Crippen LogP contribution < -0.4 is 5.69 Å². The molecule has 120 valence electrons. The minimum atomic E-state index is -0.406. The molecule has 3 rings (SSSR count). The Morgan fingerprint density at radius 2 is 2.00 bits per heavy atom. The standard InChI is InChI=1S/C16H17FN4O2/c1-16(2,3)21-15(22)20(10-19-21)9-14-18-8-13(23-14)11-6-4-5-7-12(11)17/h4-8,10H,9H2,1-3H3. The lowest BCUT2D eigenvalue weighted by molar-refractivity contribution is 0.339. The van der Waals surface area contributed by atoms with E-state index < -0.39 is 5.54 Å². The van der Waals surface area contributed by atoms with Gasteiger partial charge in [0.1, 0.15) is 18.7 Å². The minimum Gasteiger partial charge on any atom is -0.439 e. The molecule has 0 saturated carbocycles. The molecule has 2 heterocycles. The van der Waals surface area contributed by atoms with E-state index >= 15 is 0 Å². The van der Waals surface area contributed by atoms with Gasteiger partial charge in [0.15, 0.2) is 5.76 Å². The summed E-state index contributed by atoms with van der Waals surface area (Å²) in [7, 11) is 0. The summed E-state index contributed by atoms with van der Waals surface area (Å²) in [5, 5.41) is 4.10. The Kier molecular flexibility index (Phi) is 3.63. The first kappa shape index (κ1) is 15.2. The molecule has 2 aromatic heterocycles. The van der Waals surface area contributed by atoms with Gasteiger partial charge < -0.3 is 4.42 Å². The van der Waals surface area contributed by atoms with E-state index in [1.807, 2.05) is 20.8 Å². The molecule has 0 radical (unpaired) electrons. The molecule has 0 saturated heterocycles. The van der Waals surface area contributed by atoms with Crippen molar-refractivity contribution in [1.82, 2.24) is 19.3 Å². The number of rotatable bonds is 3. The summed E-state index contributed by atoms with van der Waals surface area (Å²) in [6.07, 6.45) is 2.90. The van der Waals surface area contributed by atoms with Crippen molar-refractivity contribution in [2.24, 2.45) is 0 Å². The van der Waals surface area contributed by atoms with Crippen molar-refractivity contribution in [2.75, 3.05) is 0 Å². The summed E-state index contributed by atoms with van der Waals surface area (Å²) in [5.74, 6) is 0.265. The Bertz CT molecular complexity index is 886. The molecule has 0 fully saturated rings. The number of hydrogen-bond donors (Lipinski definition) is 0. The van der Waals surface area contributed by atoms with Gasteiger partial charge in [0.05, 0.1) is 17.3 Å². The van der Waals surface area contributed by atoms with Crippen molar-refractivity contribution in [2.45, 2.75) is 32.9 Å². The van der Waals surface area contributed by atoms with Crippen LogP contribution in [0.2, 0.25) is 0 Å². The molecule has 6 nitrogen and oxygen atoms in total. The molecule has 0 aliphatic heterocycles. The van der Waals surface area contributed by atoms with Crippen LogP contribution in [0.1, 0.15) is 26.7 Å². The molecule has 0 atom stereocenters. The maximum Gasteiger partial charge on any atom is 0.346 e. The number of hydrogen-bond acceptors (Lipinski definition) is 4. The lowest BCUT2D eigenvalue weighted by Gasteiger charge is -2.16. The number of halogens is 1. The molecule has 3 aromatic rings. The maximum absolute atomic E-state index is 13.8. The lowest BCUT2D eigenvalue weighted by atomic mass is 10.1. The van der Waals surface area contributed by atoms with Gasteiger partial charge in [-0.3, -0.25) is 4.57 Å². The summed E-state index contributed by atoms with van der Waals surface area (Å²) < 4.78 is 22.1. The fourth-order valence-electron chi connectivity index (χ4n) is 2.22. The third kappa shape index (κ3) is 2.94. The molecule has 0 spiro atoms. The van der Waals surface area contributed by atoms with E-state index in [9.17, 15) is 9.18 Å². The van der Waals surface area contributed by atoms with Crippen molar-refractivity contribution in [3.8, 4) is 11.3 Å². The summed E-state index contributed by atoms with van der Waals surface area (Å²) in [4.78, 5) is 16.4. The minimum absolute atomic E-state index is 0.142. The van der Waals surface area contributed by atoms with Crippen LogP contribution in [0.15, 0.2) is 46.0 Å². The second-order valence-electron chi connectivity index (χ2n) is 6.22. The summed E-state index contributed by atoms with van der Waals surface area (Å²) in [5.41, 5.74) is -0.316. The van der Waals surface area contributed by atoms with Gasteiger partial charge in [-0.2, -0.15) is 5.10 Å². The number of nitrogens with zero attached hydrogens (tertiary/aromatic N) is 4. The van der Waals surface area contributed by atoms with Gasteiger partial charge in [-0.1, -0.05) is 12.1 Å². The third-order valence-corrected chi connectivity index (χ3v) is 3.37. The zero-order chi connectivity index (χ0) is 16.6. The lowest BCUT2D eigenvalue weighted by Crippen LogP contribution is -2.35. The Balaban J connectivity index is 1.87. The van der Waals surface area contributed by atoms with Gasteiger partial charge in [0.2, 0.25) is 5.89 Å². The Morgan fingerprint density at radius 3 is 2.65 bits per heavy atom. The van der Waals surface area contributed by atoms with Gasteiger partial charge in [-0.15, -0.1) is 0 Å². The third-order valence-electron chi connectivity index (χ3n) is 3.37. The van der Waals surface area contributed by atoms with Gasteiger partial charge in [0.25, 0.3) is 0 Å². The summed E-state index contributed by atoms with van der Waals surface area (Å²) in [6, 6.07) is 6.30. The Hall–Kier alpha value is -2.70. The van der Waals surface area contributed by atoms with Crippen LogP contribution in [0.5, 0.6) is 0 Å². The van der Waals surface area contributed by atoms with Crippen LogP contribution in [0.25, 0.3) is 11.3 Å². The normalized spacial score (nSPS) is 11.8. The first-order valence-corrected chi connectivity index (χ1v) is 7.21. The molecule has 0 bridgehead atoms. The summed E-state index contributed by atoms with van der Waals surface area (Å²) in [6.45, 7) is 5.83. The highest BCUT2D eigenvalue weighted by Gasteiger charge is 2.19. The van der Waals surface area contributed by atoms with Crippen LogP contribution >= 0.6 is 0 Å². The van der Waals surface area contributed by atoms with E-state index in [0.29, 0.717) is 17.2 Å². The van der Waals surface area contributed by atoms with Crippen LogP contribution in [0.3, 0.4) is 0 Å². The first-order valence-electron chi connectivity index (χ1n) is 7.21. The predicted octanol–water partition coefficient (Wildman–Crippen LogP) is 2.64. The highest BCUT2D eigenvalue weighted by Crippen LogP contribution is 2.23. The zero-order valence-corrected chi connectivity index (χ0v) is 13.2. The average Bonchev–Trinajstić information content (AvgIpc) is 3.07. The fourth-order valence-corrected chi connectivity index (χ4v) is 2.22.